The molecular formula is C18H20O3. The summed E-state index contributed by atoms with van der Waals surface area (Å²) < 4.78 is 10.4. The zero-order chi connectivity index (χ0) is 14.8. The second-order valence-electron chi connectivity index (χ2n) is 5.50. The van der Waals surface area contributed by atoms with Gasteiger partial charge in [-0.1, -0.05) is 12.1 Å². The summed E-state index contributed by atoms with van der Waals surface area (Å²) >= 11 is 0. The first-order chi connectivity index (χ1) is 10.2. The third-order valence-electron chi connectivity index (χ3n) is 4.33. The van der Waals surface area contributed by atoms with Crippen molar-refractivity contribution in [2.24, 2.45) is 0 Å². The average Bonchev–Trinajstić information content (AvgIpc) is 2.54. The molecule has 0 amide bonds. The molecule has 0 aromatic heterocycles. The predicted molar refractivity (Wildman–Crippen MR) is 82.4 cm³/mol. The Labute approximate surface area is 125 Å². The Hall–Kier alpha value is -2.16. The number of fused-ring (bicyclic) bond motifs is 1. The lowest BCUT2D eigenvalue weighted by molar-refractivity contribution is 0.402. The molecule has 0 fully saturated rings. The van der Waals surface area contributed by atoms with E-state index in [2.05, 4.69) is 12.1 Å². The number of phenols is 1. The lowest BCUT2D eigenvalue weighted by Gasteiger charge is -2.26. The van der Waals surface area contributed by atoms with Crippen molar-refractivity contribution < 1.29 is 14.6 Å². The van der Waals surface area contributed by atoms with Crippen LogP contribution in [0.3, 0.4) is 0 Å². The van der Waals surface area contributed by atoms with Crippen LogP contribution in [0, 0.1) is 0 Å². The van der Waals surface area contributed by atoms with Crippen LogP contribution in [0.2, 0.25) is 0 Å². The first-order valence-corrected chi connectivity index (χ1v) is 7.24. The molecule has 0 saturated carbocycles. The van der Waals surface area contributed by atoms with Crippen molar-refractivity contribution in [2.75, 3.05) is 14.2 Å². The number of aromatic hydroxyl groups is 1. The molecule has 1 aliphatic rings. The molecule has 3 nitrogen and oxygen atoms in total. The van der Waals surface area contributed by atoms with E-state index in [-0.39, 0.29) is 0 Å². The maximum Gasteiger partial charge on any atom is 0.122 e. The monoisotopic (exact) mass is 284 g/mol. The largest absolute Gasteiger partial charge is 0.508 e. The Balaban J connectivity index is 1.86. The molecule has 21 heavy (non-hydrogen) atoms. The van der Waals surface area contributed by atoms with E-state index in [1.807, 2.05) is 18.2 Å². The standard InChI is InChI=1S/C18H20O3/c1-20-15-7-5-12(6-8-15)13-3-4-14-9-16(21-2)11-18(19)17(14)10-13/h5-9,11,13,19H,3-4,10H2,1-2H3/t13-/m0/s1. The molecule has 1 atom stereocenters. The van der Waals surface area contributed by atoms with Crippen LogP contribution in [0.15, 0.2) is 36.4 Å². The zero-order valence-electron chi connectivity index (χ0n) is 12.4. The third kappa shape index (κ3) is 2.68. The number of ether oxygens (including phenoxy) is 2. The number of benzene rings is 2. The quantitative estimate of drug-likeness (QED) is 0.934. The van der Waals surface area contributed by atoms with E-state index in [0.29, 0.717) is 11.7 Å². The normalized spacial score (nSPS) is 17.1. The Kier molecular flexibility index (Phi) is 3.74. The number of methoxy groups -OCH3 is 2. The van der Waals surface area contributed by atoms with E-state index in [4.69, 9.17) is 9.47 Å². The molecule has 1 N–H and O–H groups in total. The summed E-state index contributed by atoms with van der Waals surface area (Å²) in [5.74, 6) is 2.40. The highest BCUT2D eigenvalue weighted by molar-refractivity contribution is 5.48. The van der Waals surface area contributed by atoms with Gasteiger partial charge in [-0.15, -0.1) is 0 Å². The van der Waals surface area contributed by atoms with Crippen LogP contribution in [-0.4, -0.2) is 19.3 Å². The number of hydrogen-bond donors (Lipinski definition) is 1. The lowest BCUT2D eigenvalue weighted by atomic mass is 9.80. The van der Waals surface area contributed by atoms with Gasteiger partial charge in [0, 0.05) is 6.07 Å². The molecule has 0 spiro atoms. The maximum absolute atomic E-state index is 10.2. The average molecular weight is 284 g/mol. The van der Waals surface area contributed by atoms with Gasteiger partial charge in [-0.25, -0.2) is 0 Å². The van der Waals surface area contributed by atoms with Gasteiger partial charge >= 0.3 is 0 Å². The van der Waals surface area contributed by atoms with Crippen molar-refractivity contribution in [3.8, 4) is 17.2 Å². The minimum Gasteiger partial charge on any atom is -0.508 e. The van der Waals surface area contributed by atoms with Crippen molar-refractivity contribution in [3.63, 3.8) is 0 Å². The topological polar surface area (TPSA) is 38.7 Å². The highest BCUT2D eigenvalue weighted by Crippen LogP contribution is 2.39. The molecular weight excluding hydrogens is 264 g/mol. The van der Waals surface area contributed by atoms with Crippen molar-refractivity contribution in [1.82, 2.24) is 0 Å². The summed E-state index contributed by atoms with van der Waals surface area (Å²) in [5.41, 5.74) is 3.57. The summed E-state index contributed by atoms with van der Waals surface area (Å²) in [7, 11) is 3.31. The van der Waals surface area contributed by atoms with Gasteiger partial charge in [-0.2, -0.15) is 0 Å². The second-order valence-corrected chi connectivity index (χ2v) is 5.50. The Morgan fingerprint density at radius 3 is 2.38 bits per heavy atom. The van der Waals surface area contributed by atoms with E-state index in [1.54, 1.807) is 20.3 Å². The third-order valence-corrected chi connectivity index (χ3v) is 4.33. The van der Waals surface area contributed by atoms with Crippen LogP contribution >= 0.6 is 0 Å². The van der Waals surface area contributed by atoms with Crippen LogP contribution in [-0.2, 0) is 12.8 Å². The fourth-order valence-corrected chi connectivity index (χ4v) is 3.10. The van der Waals surface area contributed by atoms with Gasteiger partial charge < -0.3 is 14.6 Å². The van der Waals surface area contributed by atoms with Gasteiger partial charge in [0.2, 0.25) is 0 Å². The highest BCUT2D eigenvalue weighted by Gasteiger charge is 2.23. The molecule has 3 rings (SSSR count). The molecule has 0 heterocycles. The van der Waals surface area contributed by atoms with Gasteiger partial charge in [0.05, 0.1) is 14.2 Å². The smallest absolute Gasteiger partial charge is 0.122 e. The van der Waals surface area contributed by atoms with Crippen LogP contribution in [0.5, 0.6) is 17.2 Å². The number of phenolic OH excluding ortho intramolecular Hbond substituents is 1. The molecule has 1 aliphatic carbocycles. The lowest BCUT2D eigenvalue weighted by Crippen LogP contribution is -2.13. The second kappa shape index (κ2) is 5.68. The van der Waals surface area contributed by atoms with Crippen LogP contribution < -0.4 is 9.47 Å². The highest BCUT2D eigenvalue weighted by atomic mass is 16.5. The minimum atomic E-state index is 0.350. The summed E-state index contributed by atoms with van der Waals surface area (Å²) in [6.07, 6.45) is 2.93. The maximum atomic E-state index is 10.2. The summed E-state index contributed by atoms with van der Waals surface area (Å²) in [4.78, 5) is 0. The molecule has 110 valence electrons. The van der Waals surface area contributed by atoms with Gasteiger partial charge in [0.1, 0.15) is 17.2 Å². The van der Waals surface area contributed by atoms with Crippen LogP contribution in [0.25, 0.3) is 0 Å². The van der Waals surface area contributed by atoms with Crippen molar-refractivity contribution in [1.29, 1.82) is 0 Å². The van der Waals surface area contributed by atoms with Gasteiger partial charge in [0.25, 0.3) is 0 Å². The summed E-state index contributed by atoms with van der Waals surface area (Å²) in [6, 6.07) is 12.0. The van der Waals surface area contributed by atoms with E-state index in [1.165, 1.54) is 11.1 Å². The SMILES string of the molecule is COc1ccc([C@H]2CCc3cc(OC)cc(O)c3C2)cc1. The van der Waals surface area contributed by atoms with Crippen molar-refractivity contribution in [3.05, 3.63) is 53.1 Å². The van der Waals surface area contributed by atoms with E-state index < -0.39 is 0 Å². The van der Waals surface area contributed by atoms with Crippen molar-refractivity contribution >= 4 is 0 Å². The van der Waals surface area contributed by atoms with E-state index >= 15 is 0 Å². The Morgan fingerprint density at radius 1 is 1.00 bits per heavy atom. The molecule has 2 aromatic carbocycles. The van der Waals surface area contributed by atoms with E-state index in [9.17, 15) is 5.11 Å². The van der Waals surface area contributed by atoms with Crippen molar-refractivity contribution in [2.45, 2.75) is 25.2 Å². The summed E-state index contributed by atoms with van der Waals surface area (Å²) in [5, 5.41) is 10.2. The van der Waals surface area contributed by atoms with Gasteiger partial charge in [0.15, 0.2) is 0 Å². The number of aryl methyl sites for hydroxylation is 1. The van der Waals surface area contributed by atoms with Crippen LogP contribution in [0.1, 0.15) is 29.0 Å². The van der Waals surface area contributed by atoms with E-state index in [0.717, 1.165) is 36.3 Å². The fourth-order valence-electron chi connectivity index (χ4n) is 3.10. The molecule has 2 aromatic rings. The minimum absolute atomic E-state index is 0.350. The molecule has 0 aliphatic heterocycles. The zero-order valence-corrected chi connectivity index (χ0v) is 12.4. The number of rotatable bonds is 3. The van der Waals surface area contributed by atoms with Gasteiger partial charge in [-0.05, 0) is 60.1 Å². The Bertz CT molecular complexity index is 632. The predicted octanol–water partition coefficient (Wildman–Crippen LogP) is 3.68. The first-order valence-electron chi connectivity index (χ1n) is 7.24. The first kappa shape index (κ1) is 13.8. The molecule has 0 saturated heterocycles. The summed E-state index contributed by atoms with van der Waals surface area (Å²) in [6.45, 7) is 0. The van der Waals surface area contributed by atoms with Crippen LogP contribution in [0.4, 0.5) is 0 Å². The molecule has 3 heteroatoms. The number of hydrogen-bond acceptors (Lipinski definition) is 3. The molecule has 0 radical (unpaired) electrons. The molecule has 0 unspecified atom stereocenters. The Morgan fingerprint density at radius 2 is 1.71 bits per heavy atom. The fraction of sp³-hybridized carbons (Fsp3) is 0.333. The molecule has 0 bridgehead atoms. The van der Waals surface area contributed by atoms with Gasteiger partial charge in [-0.3, -0.25) is 0 Å².